The molecule has 31 heavy (non-hydrogen) atoms. The highest BCUT2D eigenvalue weighted by atomic mass is 16.2. The van der Waals surface area contributed by atoms with Crippen molar-refractivity contribution < 1.29 is 4.79 Å². The molecule has 7 heteroatoms. The second kappa shape index (κ2) is 8.39. The molecule has 2 aromatic heterocycles. The number of carbonyl (C=O) groups excluding carboxylic acids is 1. The molecule has 7 nitrogen and oxygen atoms in total. The van der Waals surface area contributed by atoms with Crippen LogP contribution in [0.4, 0.5) is 17.5 Å². The standard InChI is InChI=1S/C24H22N6O/c31-24(20-9-8-18-5-1-2-6-19(18)15-20)30-13-11-29(12-14-30)23-16-22(26-17-27-23)28-21-7-3-4-10-25-21/h1-10,15-17H,11-14H2,(H,25,26,27,28). The smallest absolute Gasteiger partial charge is 0.253 e. The summed E-state index contributed by atoms with van der Waals surface area (Å²) >= 11 is 0. The summed E-state index contributed by atoms with van der Waals surface area (Å²) in [5.41, 5.74) is 0.732. The molecule has 1 aliphatic rings. The van der Waals surface area contributed by atoms with Crippen molar-refractivity contribution in [2.75, 3.05) is 36.4 Å². The van der Waals surface area contributed by atoms with Gasteiger partial charge in [-0.25, -0.2) is 15.0 Å². The Morgan fingerprint density at radius 2 is 1.58 bits per heavy atom. The molecular formula is C24H22N6O. The Kier molecular flexibility index (Phi) is 5.14. The summed E-state index contributed by atoms with van der Waals surface area (Å²) in [5, 5.41) is 5.42. The number of amides is 1. The fourth-order valence-corrected chi connectivity index (χ4v) is 3.80. The SMILES string of the molecule is O=C(c1ccc2ccccc2c1)N1CCN(c2cc(Nc3ccccn3)ncn2)CC1. The molecule has 0 aliphatic carbocycles. The van der Waals surface area contributed by atoms with Crippen molar-refractivity contribution in [3.8, 4) is 0 Å². The van der Waals surface area contributed by atoms with Crippen LogP contribution in [0.1, 0.15) is 10.4 Å². The number of carbonyl (C=O) groups is 1. The van der Waals surface area contributed by atoms with Gasteiger partial charge in [0.2, 0.25) is 0 Å². The van der Waals surface area contributed by atoms with Gasteiger partial charge in [-0.2, -0.15) is 0 Å². The van der Waals surface area contributed by atoms with Crippen molar-refractivity contribution in [1.29, 1.82) is 0 Å². The topological polar surface area (TPSA) is 74.2 Å². The Balaban J connectivity index is 1.24. The zero-order valence-electron chi connectivity index (χ0n) is 17.0. The third kappa shape index (κ3) is 4.16. The van der Waals surface area contributed by atoms with Gasteiger partial charge in [0.15, 0.2) is 0 Å². The second-order valence-corrected chi connectivity index (χ2v) is 7.44. The van der Waals surface area contributed by atoms with Crippen molar-refractivity contribution in [2.24, 2.45) is 0 Å². The molecule has 1 fully saturated rings. The van der Waals surface area contributed by atoms with E-state index < -0.39 is 0 Å². The summed E-state index contributed by atoms with van der Waals surface area (Å²) in [5.74, 6) is 2.34. The van der Waals surface area contributed by atoms with Crippen LogP contribution >= 0.6 is 0 Å². The van der Waals surface area contributed by atoms with Gasteiger partial charge in [-0.15, -0.1) is 0 Å². The van der Waals surface area contributed by atoms with Gasteiger partial charge in [0.25, 0.3) is 5.91 Å². The minimum Gasteiger partial charge on any atom is -0.353 e. The number of anilines is 3. The van der Waals surface area contributed by atoms with E-state index in [0.29, 0.717) is 18.9 Å². The van der Waals surface area contributed by atoms with Crippen molar-refractivity contribution in [3.05, 3.63) is 84.8 Å². The number of pyridine rings is 1. The normalized spacial score (nSPS) is 13.9. The zero-order valence-corrected chi connectivity index (χ0v) is 17.0. The number of piperazine rings is 1. The molecule has 0 bridgehead atoms. The molecule has 2 aromatic carbocycles. The highest BCUT2D eigenvalue weighted by Gasteiger charge is 2.23. The molecular weight excluding hydrogens is 388 g/mol. The maximum absolute atomic E-state index is 13.0. The van der Waals surface area contributed by atoms with Crippen LogP contribution in [-0.2, 0) is 0 Å². The molecule has 1 amide bonds. The first kappa shape index (κ1) is 19.0. The van der Waals surface area contributed by atoms with Crippen molar-refractivity contribution in [3.63, 3.8) is 0 Å². The molecule has 4 aromatic rings. The number of aromatic nitrogens is 3. The predicted octanol–water partition coefficient (Wildman–Crippen LogP) is 3.73. The van der Waals surface area contributed by atoms with Crippen molar-refractivity contribution in [1.82, 2.24) is 19.9 Å². The molecule has 154 valence electrons. The number of fused-ring (bicyclic) bond motifs is 1. The van der Waals surface area contributed by atoms with E-state index in [-0.39, 0.29) is 5.91 Å². The largest absolute Gasteiger partial charge is 0.353 e. The van der Waals surface area contributed by atoms with Gasteiger partial charge in [-0.3, -0.25) is 4.79 Å². The number of benzene rings is 2. The molecule has 0 saturated carbocycles. The Morgan fingerprint density at radius 1 is 0.774 bits per heavy atom. The molecule has 0 atom stereocenters. The Morgan fingerprint density at radius 3 is 2.39 bits per heavy atom. The fourth-order valence-electron chi connectivity index (χ4n) is 3.80. The second-order valence-electron chi connectivity index (χ2n) is 7.44. The van der Waals surface area contributed by atoms with E-state index in [9.17, 15) is 4.79 Å². The number of hydrogen-bond donors (Lipinski definition) is 1. The van der Waals surface area contributed by atoms with E-state index in [1.807, 2.05) is 65.6 Å². The third-order valence-corrected chi connectivity index (χ3v) is 5.46. The summed E-state index contributed by atoms with van der Waals surface area (Å²) in [4.78, 5) is 30.1. The minimum atomic E-state index is 0.0746. The van der Waals surface area contributed by atoms with Gasteiger partial charge >= 0.3 is 0 Å². The number of nitrogens with zero attached hydrogens (tertiary/aromatic N) is 5. The van der Waals surface area contributed by atoms with Gasteiger partial charge in [0, 0.05) is 44.0 Å². The maximum Gasteiger partial charge on any atom is 0.253 e. The lowest BCUT2D eigenvalue weighted by atomic mass is 10.1. The first-order valence-corrected chi connectivity index (χ1v) is 10.3. The maximum atomic E-state index is 13.0. The minimum absolute atomic E-state index is 0.0746. The summed E-state index contributed by atoms with van der Waals surface area (Å²) in [6.45, 7) is 2.75. The molecule has 0 unspecified atom stereocenters. The van der Waals surface area contributed by atoms with Gasteiger partial charge in [0.05, 0.1) is 0 Å². The van der Waals surface area contributed by atoms with Gasteiger partial charge < -0.3 is 15.1 Å². The first-order valence-electron chi connectivity index (χ1n) is 10.3. The van der Waals surface area contributed by atoms with Crippen LogP contribution < -0.4 is 10.2 Å². The average Bonchev–Trinajstić information content (AvgIpc) is 2.84. The van der Waals surface area contributed by atoms with E-state index in [2.05, 4.69) is 31.2 Å². The van der Waals surface area contributed by atoms with E-state index in [4.69, 9.17) is 0 Å². The number of hydrogen-bond acceptors (Lipinski definition) is 6. The molecule has 3 heterocycles. The van der Waals surface area contributed by atoms with Crippen LogP contribution in [-0.4, -0.2) is 51.9 Å². The molecule has 1 N–H and O–H groups in total. The summed E-state index contributed by atoms with van der Waals surface area (Å²) in [6.07, 6.45) is 3.28. The van der Waals surface area contributed by atoms with Crippen molar-refractivity contribution >= 4 is 34.1 Å². The highest BCUT2D eigenvalue weighted by Crippen LogP contribution is 2.21. The third-order valence-electron chi connectivity index (χ3n) is 5.46. The molecule has 0 spiro atoms. The molecule has 1 aliphatic heterocycles. The van der Waals surface area contributed by atoms with Crippen LogP contribution in [0.15, 0.2) is 79.3 Å². The van der Waals surface area contributed by atoms with E-state index >= 15 is 0 Å². The Labute approximate surface area is 180 Å². The first-order chi connectivity index (χ1) is 15.3. The van der Waals surface area contributed by atoms with Crippen LogP contribution in [0.25, 0.3) is 10.8 Å². The lowest BCUT2D eigenvalue weighted by Gasteiger charge is -2.35. The van der Waals surface area contributed by atoms with Crippen LogP contribution in [0.2, 0.25) is 0 Å². The van der Waals surface area contributed by atoms with E-state index in [0.717, 1.165) is 41.1 Å². The number of rotatable bonds is 4. The van der Waals surface area contributed by atoms with Gasteiger partial charge in [-0.05, 0) is 35.0 Å². The summed E-state index contributed by atoms with van der Waals surface area (Å²) < 4.78 is 0. The fraction of sp³-hybridized carbons (Fsp3) is 0.167. The summed E-state index contributed by atoms with van der Waals surface area (Å²) in [6, 6.07) is 21.6. The molecule has 1 saturated heterocycles. The quantitative estimate of drug-likeness (QED) is 0.553. The van der Waals surface area contributed by atoms with E-state index in [1.54, 1.807) is 12.5 Å². The summed E-state index contributed by atoms with van der Waals surface area (Å²) in [7, 11) is 0. The average molecular weight is 410 g/mol. The van der Waals surface area contributed by atoms with E-state index in [1.165, 1.54) is 0 Å². The molecule has 5 rings (SSSR count). The van der Waals surface area contributed by atoms with Crippen LogP contribution in [0, 0.1) is 0 Å². The zero-order chi connectivity index (χ0) is 21.0. The van der Waals surface area contributed by atoms with Crippen LogP contribution in [0.5, 0.6) is 0 Å². The van der Waals surface area contributed by atoms with Gasteiger partial charge in [0.1, 0.15) is 23.8 Å². The lowest BCUT2D eigenvalue weighted by Crippen LogP contribution is -2.49. The Hall–Kier alpha value is -4.00. The monoisotopic (exact) mass is 410 g/mol. The van der Waals surface area contributed by atoms with Gasteiger partial charge in [-0.1, -0.05) is 36.4 Å². The Bertz CT molecular complexity index is 1200. The predicted molar refractivity (Wildman–Crippen MR) is 122 cm³/mol. The lowest BCUT2D eigenvalue weighted by molar-refractivity contribution is 0.0746. The van der Waals surface area contributed by atoms with Crippen molar-refractivity contribution in [2.45, 2.75) is 0 Å². The van der Waals surface area contributed by atoms with Crippen LogP contribution in [0.3, 0.4) is 0 Å². The number of nitrogens with one attached hydrogen (secondary N) is 1. The molecule has 0 radical (unpaired) electrons. The highest BCUT2D eigenvalue weighted by molar-refractivity contribution is 5.98.